The van der Waals surface area contributed by atoms with Gasteiger partial charge in [-0.1, -0.05) is 17.3 Å². The SMILES string of the molecule is Cc1cccnc1-c1noc(-c2cccc(NC(=O)OC(C)(C)C)c2O)n1. The Morgan fingerprint density at radius 2 is 2.00 bits per heavy atom. The Morgan fingerprint density at radius 1 is 1.22 bits per heavy atom. The number of rotatable bonds is 3. The third-order valence-corrected chi connectivity index (χ3v) is 3.55. The number of carbonyl (C=O) groups is 1. The quantitative estimate of drug-likeness (QED) is 0.668. The Kier molecular flexibility index (Phi) is 4.81. The van der Waals surface area contributed by atoms with E-state index in [-0.39, 0.29) is 22.9 Å². The largest absolute Gasteiger partial charge is 0.505 e. The minimum Gasteiger partial charge on any atom is -0.505 e. The lowest BCUT2D eigenvalue weighted by Crippen LogP contribution is -2.27. The van der Waals surface area contributed by atoms with Crippen molar-refractivity contribution < 1.29 is 19.2 Å². The number of aryl methyl sites for hydroxylation is 1. The lowest BCUT2D eigenvalue weighted by molar-refractivity contribution is 0.0635. The molecule has 0 radical (unpaired) electrons. The molecule has 2 heterocycles. The van der Waals surface area contributed by atoms with Gasteiger partial charge in [0.25, 0.3) is 5.89 Å². The first-order chi connectivity index (χ1) is 12.7. The maximum Gasteiger partial charge on any atom is 0.412 e. The molecule has 0 aliphatic heterocycles. The van der Waals surface area contributed by atoms with E-state index in [4.69, 9.17) is 9.26 Å². The fourth-order valence-electron chi connectivity index (χ4n) is 2.38. The molecule has 0 bridgehead atoms. The van der Waals surface area contributed by atoms with E-state index in [1.165, 1.54) is 0 Å². The standard InChI is InChI=1S/C19H20N4O4/c1-11-7-6-10-20-14(11)16-22-17(27-23-16)12-8-5-9-13(15(12)24)21-18(25)26-19(2,3)4/h5-10,24H,1-4H3,(H,21,25). The first kappa shape index (κ1) is 18.4. The van der Waals surface area contributed by atoms with Crippen LogP contribution in [0, 0.1) is 6.92 Å². The van der Waals surface area contributed by atoms with Gasteiger partial charge in [0.15, 0.2) is 5.75 Å². The predicted molar refractivity (Wildman–Crippen MR) is 99.2 cm³/mol. The summed E-state index contributed by atoms with van der Waals surface area (Å²) < 4.78 is 10.5. The molecule has 8 heteroatoms. The fourth-order valence-corrected chi connectivity index (χ4v) is 2.38. The number of hydrogen-bond donors (Lipinski definition) is 2. The van der Waals surface area contributed by atoms with Gasteiger partial charge in [0.2, 0.25) is 5.82 Å². The summed E-state index contributed by atoms with van der Waals surface area (Å²) in [5.74, 6) is 0.227. The lowest BCUT2D eigenvalue weighted by Gasteiger charge is -2.20. The van der Waals surface area contributed by atoms with Crippen LogP contribution >= 0.6 is 0 Å². The third-order valence-electron chi connectivity index (χ3n) is 3.55. The van der Waals surface area contributed by atoms with Crippen LogP contribution in [0.4, 0.5) is 10.5 Å². The van der Waals surface area contributed by atoms with Crippen molar-refractivity contribution in [2.75, 3.05) is 5.32 Å². The van der Waals surface area contributed by atoms with Gasteiger partial charge in [-0.3, -0.25) is 10.3 Å². The number of nitrogens with zero attached hydrogens (tertiary/aromatic N) is 3. The lowest BCUT2D eigenvalue weighted by atomic mass is 10.1. The molecule has 0 saturated carbocycles. The fraction of sp³-hybridized carbons (Fsp3) is 0.263. The summed E-state index contributed by atoms with van der Waals surface area (Å²) in [6.07, 6.45) is 0.964. The number of anilines is 1. The van der Waals surface area contributed by atoms with Crippen LogP contribution in [0.1, 0.15) is 26.3 Å². The molecule has 3 rings (SSSR count). The number of phenolic OH excluding ortho intramolecular Hbond substituents is 1. The number of nitrogens with one attached hydrogen (secondary N) is 1. The topological polar surface area (TPSA) is 110 Å². The molecule has 0 aliphatic rings. The van der Waals surface area contributed by atoms with Crippen LogP contribution in [0.15, 0.2) is 41.1 Å². The highest BCUT2D eigenvalue weighted by Crippen LogP contribution is 2.35. The number of hydrogen-bond acceptors (Lipinski definition) is 7. The van der Waals surface area contributed by atoms with Crippen LogP contribution < -0.4 is 5.32 Å². The van der Waals surface area contributed by atoms with E-state index in [1.807, 2.05) is 19.1 Å². The highest BCUT2D eigenvalue weighted by atomic mass is 16.6. The van der Waals surface area contributed by atoms with Gasteiger partial charge in [0, 0.05) is 6.20 Å². The van der Waals surface area contributed by atoms with Gasteiger partial charge in [-0.25, -0.2) is 4.79 Å². The molecule has 0 saturated heterocycles. The van der Waals surface area contributed by atoms with Crippen molar-refractivity contribution in [2.45, 2.75) is 33.3 Å². The van der Waals surface area contributed by atoms with E-state index in [1.54, 1.807) is 45.2 Å². The molecule has 8 nitrogen and oxygen atoms in total. The van der Waals surface area contributed by atoms with Gasteiger partial charge in [0.05, 0.1) is 11.3 Å². The second kappa shape index (κ2) is 7.06. The first-order valence-corrected chi connectivity index (χ1v) is 8.32. The molecule has 0 spiro atoms. The van der Waals surface area contributed by atoms with Crippen molar-refractivity contribution in [2.24, 2.45) is 0 Å². The van der Waals surface area contributed by atoms with Gasteiger partial charge in [-0.05, 0) is 51.5 Å². The van der Waals surface area contributed by atoms with E-state index >= 15 is 0 Å². The zero-order valence-corrected chi connectivity index (χ0v) is 15.5. The zero-order chi connectivity index (χ0) is 19.6. The summed E-state index contributed by atoms with van der Waals surface area (Å²) in [7, 11) is 0. The van der Waals surface area contributed by atoms with Crippen molar-refractivity contribution in [1.82, 2.24) is 15.1 Å². The van der Waals surface area contributed by atoms with Crippen LogP contribution in [0.2, 0.25) is 0 Å². The van der Waals surface area contributed by atoms with Crippen molar-refractivity contribution >= 4 is 11.8 Å². The van der Waals surface area contributed by atoms with Crippen LogP contribution in [0.5, 0.6) is 5.75 Å². The number of amides is 1. The second-order valence-corrected chi connectivity index (χ2v) is 6.92. The zero-order valence-electron chi connectivity index (χ0n) is 15.5. The Labute approximate surface area is 156 Å². The first-order valence-electron chi connectivity index (χ1n) is 8.32. The van der Waals surface area contributed by atoms with E-state index in [0.717, 1.165) is 5.56 Å². The smallest absolute Gasteiger partial charge is 0.412 e. The Balaban J connectivity index is 1.88. The number of phenols is 1. The van der Waals surface area contributed by atoms with Crippen LogP contribution in [0.3, 0.4) is 0 Å². The monoisotopic (exact) mass is 368 g/mol. The maximum absolute atomic E-state index is 12.0. The normalized spacial score (nSPS) is 11.3. The number of benzene rings is 1. The highest BCUT2D eigenvalue weighted by molar-refractivity contribution is 5.89. The molecule has 0 atom stereocenters. The number of ether oxygens (including phenoxy) is 1. The van der Waals surface area contributed by atoms with Gasteiger partial charge in [0.1, 0.15) is 11.3 Å². The van der Waals surface area contributed by atoms with Gasteiger partial charge in [-0.15, -0.1) is 0 Å². The summed E-state index contributed by atoms with van der Waals surface area (Å²) >= 11 is 0. The van der Waals surface area contributed by atoms with E-state index < -0.39 is 11.7 Å². The molecule has 0 aliphatic carbocycles. The average Bonchev–Trinajstić information content (AvgIpc) is 3.05. The molecule has 3 aromatic rings. The van der Waals surface area contributed by atoms with Crippen LogP contribution in [0.25, 0.3) is 23.0 Å². The second-order valence-electron chi connectivity index (χ2n) is 6.92. The molecule has 0 unspecified atom stereocenters. The molecule has 2 N–H and O–H groups in total. The van der Waals surface area contributed by atoms with Crippen molar-refractivity contribution in [3.8, 4) is 28.7 Å². The highest BCUT2D eigenvalue weighted by Gasteiger charge is 2.21. The van der Waals surface area contributed by atoms with Crippen molar-refractivity contribution in [3.63, 3.8) is 0 Å². The number of aromatic hydroxyl groups is 1. The van der Waals surface area contributed by atoms with E-state index in [2.05, 4.69) is 20.4 Å². The van der Waals surface area contributed by atoms with Crippen molar-refractivity contribution in [3.05, 3.63) is 42.1 Å². The minimum absolute atomic E-state index is 0.111. The number of para-hydroxylation sites is 1. The Morgan fingerprint density at radius 3 is 2.70 bits per heavy atom. The molecular formula is C19H20N4O4. The molecule has 1 aromatic carbocycles. The number of carbonyl (C=O) groups excluding carboxylic acids is 1. The Bertz CT molecular complexity index is 976. The molecular weight excluding hydrogens is 348 g/mol. The number of aromatic nitrogens is 3. The summed E-state index contributed by atoms with van der Waals surface area (Å²) in [5, 5.41) is 17.0. The minimum atomic E-state index is -0.676. The average molecular weight is 368 g/mol. The van der Waals surface area contributed by atoms with E-state index in [0.29, 0.717) is 11.5 Å². The third kappa shape index (κ3) is 4.22. The van der Waals surface area contributed by atoms with Crippen LogP contribution in [-0.4, -0.2) is 31.9 Å². The summed E-state index contributed by atoms with van der Waals surface area (Å²) in [4.78, 5) is 20.5. The molecule has 0 fully saturated rings. The van der Waals surface area contributed by atoms with Crippen LogP contribution in [-0.2, 0) is 4.74 Å². The van der Waals surface area contributed by atoms with Gasteiger partial charge >= 0.3 is 6.09 Å². The maximum atomic E-state index is 12.0. The van der Waals surface area contributed by atoms with Gasteiger partial charge < -0.3 is 14.4 Å². The molecule has 1 amide bonds. The van der Waals surface area contributed by atoms with Crippen molar-refractivity contribution in [1.29, 1.82) is 0 Å². The summed E-state index contributed by atoms with van der Waals surface area (Å²) in [5.41, 5.74) is 1.30. The van der Waals surface area contributed by atoms with Gasteiger partial charge in [-0.2, -0.15) is 4.98 Å². The van der Waals surface area contributed by atoms with E-state index in [9.17, 15) is 9.90 Å². The number of pyridine rings is 1. The molecule has 140 valence electrons. The summed E-state index contributed by atoms with van der Waals surface area (Å²) in [6.45, 7) is 7.15. The summed E-state index contributed by atoms with van der Waals surface area (Å²) in [6, 6.07) is 8.51. The molecule has 27 heavy (non-hydrogen) atoms. The Hall–Kier alpha value is -3.42. The molecule has 2 aromatic heterocycles. The predicted octanol–water partition coefficient (Wildman–Crippen LogP) is 4.16.